The predicted molar refractivity (Wildman–Crippen MR) is 128 cm³/mol. The zero-order valence-electron chi connectivity index (χ0n) is 19.4. The first kappa shape index (κ1) is 24.8. The molecular formula is C26H30ClNO5. The van der Waals surface area contributed by atoms with Gasteiger partial charge in [-0.05, 0) is 60.7 Å². The van der Waals surface area contributed by atoms with Gasteiger partial charge in [-0.3, -0.25) is 9.59 Å². The third-order valence-corrected chi connectivity index (χ3v) is 5.76. The lowest BCUT2D eigenvalue weighted by Crippen LogP contribution is -2.31. The number of Topliss-reactive ketones (excluding diaryl/α,β-unsaturated/α-hetero) is 1. The summed E-state index contributed by atoms with van der Waals surface area (Å²) in [7, 11) is 1.59. The third-order valence-electron chi connectivity index (χ3n) is 5.51. The summed E-state index contributed by atoms with van der Waals surface area (Å²) >= 11 is 6.05. The molecule has 0 saturated carbocycles. The van der Waals surface area contributed by atoms with Crippen molar-refractivity contribution in [2.45, 2.75) is 33.2 Å². The van der Waals surface area contributed by atoms with Crippen molar-refractivity contribution in [1.29, 1.82) is 0 Å². The lowest BCUT2D eigenvalue weighted by Gasteiger charge is -2.25. The third kappa shape index (κ3) is 5.57. The minimum Gasteiger partial charge on any atom is -0.507 e. The van der Waals surface area contributed by atoms with E-state index in [1.807, 2.05) is 13.0 Å². The molecule has 1 atom stereocenters. The largest absolute Gasteiger partial charge is 0.507 e. The Morgan fingerprint density at radius 2 is 1.85 bits per heavy atom. The summed E-state index contributed by atoms with van der Waals surface area (Å²) < 4.78 is 10.9. The van der Waals surface area contributed by atoms with Crippen LogP contribution in [0.25, 0.3) is 5.76 Å². The van der Waals surface area contributed by atoms with Crippen molar-refractivity contribution in [3.8, 4) is 5.75 Å². The summed E-state index contributed by atoms with van der Waals surface area (Å²) in [6.45, 7) is 7.32. The van der Waals surface area contributed by atoms with E-state index >= 15 is 0 Å². The number of carbonyl (C=O) groups is 2. The van der Waals surface area contributed by atoms with Gasteiger partial charge in [0, 0.05) is 30.8 Å². The number of ketones is 1. The topological polar surface area (TPSA) is 76.1 Å². The SMILES string of the molecule is COCCCN1C(=O)C(=O)C(=C(O)c2ccc(OCC(C)C)cc2C)[C@H]1c1ccc(Cl)cc1. The number of methoxy groups -OCH3 is 1. The van der Waals surface area contributed by atoms with E-state index in [0.717, 1.165) is 5.56 Å². The standard InChI is InChI=1S/C26H30ClNO5/c1-16(2)15-33-20-10-11-21(17(3)14-20)24(29)22-23(18-6-8-19(27)9-7-18)28(12-5-13-32-4)26(31)25(22)30/h6-11,14,16,23,29H,5,12-13,15H2,1-4H3/t23-/m1/s1. The van der Waals surface area contributed by atoms with Crippen LogP contribution in [0.1, 0.15) is 43.0 Å². The van der Waals surface area contributed by atoms with Crippen LogP contribution in [0, 0.1) is 12.8 Å². The van der Waals surface area contributed by atoms with Gasteiger partial charge < -0.3 is 19.5 Å². The molecule has 2 aromatic rings. The molecule has 1 aliphatic heterocycles. The van der Waals surface area contributed by atoms with Crippen molar-refractivity contribution >= 4 is 29.1 Å². The van der Waals surface area contributed by atoms with Gasteiger partial charge in [0.1, 0.15) is 11.5 Å². The van der Waals surface area contributed by atoms with Crippen LogP contribution in [0.2, 0.25) is 5.02 Å². The number of rotatable bonds is 9. The van der Waals surface area contributed by atoms with Gasteiger partial charge in [0.15, 0.2) is 0 Å². The van der Waals surface area contributed by atoms with Gasteiger partial charge in [-0.15, -0.1) is 0 Å². The molecule has 7 heteroatoms. The van der Waals surface area contributed by atoms with Gasteiger partial charge in [0.25, 0.3) is 11.7 Å². The van der Waals surface area contributed by atoms with Crippen molar-refractivity contribution in [2.24, 2.45) is 5.92 Å². The van der Waals surface area contributed by atoms with Crippen molar-refractivity contribution in [3.05, 3.63) is 69.8 Å². The van der Waals surface area contributed by atoms with Crippen LogP contribution in [-0.4, -0.2) is 48.6 Å². The molecule has 1 amide bonds. The molecule has 0 aromatic heterocycles. The highest BCUT2D eigenvalue weighted by molar-refractivity contribution is 6.46. The van der Waals surface area contributed by atoms with Gasteiger partial charge >= 0.3 is 0 Å². The number of benzene rings is 2. The summed E-state index contributed by atoms with van der Waals surface area (Å²) in [5.74, 6) is -0.471. The molecule has 3 rings (SSSR count). The van der Waals surface area contributed by atoms with E-state index in [1.165, 1.54) is 4.90 Å². The highest BCUT2D eigenvalue weighted by atomic mass is 35.5. The van der Waals surface area contributed by atoms with E-state index in [9.17, 15) is 14.7 Å². The smallest absolute Gasteiger partial charge is 0.295 e. The highest BCUT2D eigenvalue weighted by Gasteiger charge is 2.45. The number of aliphatic hydroxyl groups excluding tert-OH is 1. The van der Waals surface area contributed by atoms with E-state index in [-0.39, 0.29) is 11.3 Å². The first-order valence-corrected chi connectivity index (χ1v) is 11.4. The molecule has 1 N–H and O–H groups in total. The maximum Gasteiger partial charge on any atom is 0.295 e. The van der Waals surface area contributed by atoms with Crippen LogP contribution >= 0.6 is 11.6 Å². The molecule has 33 heavy (non-hydrogen) atoms. The number of halogens is 1. The van der Waals surface area contributed by atoms with Gasteiger partial charge in [-0.1, -0.05) is 37.6 Å². The monoisotopic (exact) mass is 471 g/mol. The quantitative estimate of drug-likeness (QED) is 0.237. The molecular weight excluding hydrogens is 442 g/mol. The van der Waals surface area contributed by atoms with Crippen molar-refractivity contribution in [2.75, 3.05) is 26.9 Å². The number of aliphatic hydroxyl groups is 1. The molecule has 0 spiro atoms. The summed E-state index contributed by atoms with van der Waals surface area (Å²) in [5, 5.41) is 11.8. The summed E-state index contributed by atoms with van der Waals surface area (Å²) in [6, 6.07) is 11.5. The van der Waals surface area contributed by atoms with E-state index in [1.54, 1.807) is 43.5 Å². The first-order chi connectivity index (χ1) is 15.7. The Labute approximate surface area is 199 Å². The number of hydrogen-bond acceptors (Lipinski definition) is 5. The number of hydrogen-bond donors (Lipinski definition) is 1. The second kappa shape index (κ2) is 10.9. The number of likely N-dealkylation sites (tertiary alicyclic amines) is 1. The Balaban J connectivity index is 2.05. The Kier molecular flexibility index (Phi) is 8.16. The highest BCUT2D eigenvalue weighted by Crippen LogP contribution is 2.40. The van der Waals surface area contributed by atoms with Crippen LogP contribution in [-0.2, 0) is 14.3 Å². The summed E-state index contributed by atoms with van der Waals surface area (Å²) in [5.41, 5.74) is 2.00. The van der Waals surface area contributed by atoms with Gasteiger partial charge in [-0.25, -0.2) is 0 Å². The van der Waals surface area contributed by atoms with Crippen LogP contribution < -0.4 is 4.74 Å². The molecule has 0 aliphatic carbocycles. The Morgan fingerprint density at radius 1 is 1.15 bits per heavy atom. The average Bonchev–Trinajstić information content (AvgIpc) is 3.03. The average molecular weight is 472 g/mol. The lowest BCUT2D eigenvalue weighted by molar-refractivity contribution is -0.140. The second-order valence-corrected chi connectivity index (χ2v) is 9.01. The summed E-state index contributed by atoms with van der Waals surface area (Å²) in [6.07, 6.45) is 0.564. The molecule has 0 unspecified atom stereocenters. The lowest BCUT2D eigenvalue weighted by atomic mass is 9.94. The number of amides is 1. The van der Waals surface area contributed by atoms with Gasteiger partial charge in [0.2, 0.25) is 0 Å². The van der Waals surface area contributed by atoms with Crippen molar-refractivity contribution in [3.63, 3.8) is 0 Å². The Hall–Kier alpha value is -2.83. The Morgan fingerprint density at radius 3 is 2.45 bits per heavy atom. The minimum atomic E-state index is -0.713. The normalized spacial score (nSPS) is 17.8. The Bertz CT molecular complexity index is 1050. The first-order valence-electron chi connectivity index (χ1n) is 11.0. The molecule has 0 radical (unpaired) electrons. The fourth-order valence-electron chi connectivity index (χ4n) is 3.88. The zero-order chi connectivity index (χ0) is 24.1. The van der Waals surface area contributed by atoms with Gasteiger partial charge in [-0.2, -0.15) is 0 Å². The molecule has 1 heterocycles. The number of carbonyl (C=O) groups excluding carboxylic acids is 2. The molecule has 6 nitrogen and oxygen atoms in total. The van der Waals surface area contributed by atoms with Gasteiger partial charge in [0.05, 0.1) is 18.2 Å². The van der Waals surface area contributed by atoms with Crippen molar-refractivity contribution < 1.29 is 24.2 Å². The molecule has 0 bridgehead atoms. The van der Waals surface area contributed by atoms with E-state index < -0.39 is 17.7 Å². The minimum absolute atomic E-state index is 0.0682. The van der Waals surface area contributed by atoms with Crippen molar-refractivity contribution in [1.82, 2.24) is 4.90 Å². The summed E-state index contributed by atoms with van der Waals surface area (Å²) in [4.78, 5) is 27.5. The maximum atomic E-state index is 13.1. The number of aryl methyl sites for hydroxylation is 1. The molecule has 1 saturated heterocycles. The maximum absolute atomic E-state index is 13.1. The van der Waals surface area contributed by atoms with Crippen LogP contribution in [0.5, 0.6) is 5.75 Å². The zero-order valence-corrected chi connectivity index (χ0v) is 20.2. The predicted octanol–water partition coefficient (Wildman–Crippen LogP) is 5.14. The van der Waals surface area contributed by atoms with Crippen LogP contribution in [0.4, 0.5) is 0 Å². The van der Waals surface area contributed by atoms with E-state index in [4.69, 9.17) is 21.1 Å². The van der Waals surface area contributed by atoms with E-state index in [0.29, 0.717) is 54.0 Å². The number of ether oxygens (including phenoxy) is 2. The number of nitrogens with zero attached hydrogens (tertiary/aromatic N) is 1. The second-order valence-electron chi connectivity index (χ2n) is 8.57. The van der Waals surface area contributed by atoms with Crippen LogP contribution in [0.3, 0.4) is 0 Å². The fourth-order valence-corrected chi connectivity index (χ4v) is 4.01. The molecule has 1 aliphatic rings. The molecule has 1 fully saturated rings. The molecule has 176 valence electrons. The van der Waals surface area contributed by atoms with E-state index in [2.05, 4.69) is 13.8 Å². The molecule has 2 aromatic carbocycles. The van der Waals surface area contributed by atoms with Crippen LogP contribution in [0.15, 0.2) is 48.0 Å². The fraction of sp³-hybridized carbons (Fsp3) is 0.385.